The monoisotopic (exact) mass is 476 g/mol. The Bertz CT molecular complexity index is 518. The number of aryl methyl sites for hydroxylation is 1. The number of aromatic nitrogens is 2. The Labute approximate surface area is 176 Å². The van der Waals surface area contributed by atoms with Crippen molar-refractivity contribution < 1.29 is 0 Å². The van der Waals surface area contributed by atoms with E-state index in [-0.39, 0.29) is 24.0 Å². The first-order valence-electron chi connectivity index (χ1n) is 9.92. The quantitative estimate of drug-likeness (QED) is 0.327. The Morgan fingerprint density at radius 1 is 1.19 bits per heavy atom. The van der Waals surface area contributed by atoms with Crippen LogP contribution in [0.4, 0.5) is 0 Å². The second-order valence-corrected chi connectivity index (χ2v) is 6.91. The van der Waals surface area contributed by atoms with E-state index in [1.54, 1.807) is 0 Å². The molecule has 0 saturated carbocycles. The SMILES string of the molecule is CCNC(=NCc1ccnn1C)NCC(C(CC)CC)N1CCCC1.I. The number of guanidine groups is 1. The van der Waals surface area contributed by atoms with Crippen LogP contribution in [0.3, 0.4) is 0 Å². The summed E-state index contributed by atoms with van der Waals surface area (Å²) in [7, 11) is 1.96. The summed E-state index contributed by atoms with van der Waals surface area (Å²) in [5, 5.41) is 11.2. The molecule has 7 heteroatoms. The van der Waals surface area contributed by atoms with Crippen LogP contribution in [0.5, 0.6) is 0 Å². The van der Waals surface area contributed by atoms with Crippen molar-refractivity contribution in [1.29, 1.82) is 0 Å². The molecule has 1 aromatic heterocycles. The maximum Gasteiger partial charge on any atom is 0.191 e. The number of halogens is 1. The zero-order valence-corrected chi connectivity index (χ0v) is 19.2. The van der Waals surface area contributed by atoms with Crippen molar-refractivity contribution in [3.05, 3.63) is 18.0 Å². The molecule has 0 aliphatic carbocycles. The Balaban J connectivity index is 0.00000338. The summed E-state index contributed by atoms with van der Waals surface area (Å²) in [6.07, 6.45) is 6.97. The molecule has 6 nitrogen and oxygen atoms in total. The van der Waals surface area contributed by atoms with E-state index in [1.807, 2.05) is 24.0 Å². The Morgan fingerprint density at radius 3 is 2.42 bits per heavy atom. The molecule has 0 radical (unpaired) electrons. The molecule has 1 atom stereocenters. The highest BCUT2D eigenvalue weighted by atomic mass is 127. The van der Waals surface area contributed by atoms with Gasteiger partial charge in [-0.3, -0.25) is 9.58 Å². The summed E-state index contributed by atoms with van der Waals surface area (Å²) >= 11 is 0. The number of aliphatic imine (C=N–C) groups is 1. The first-order chi connectivity index (χ1) is 12.2. The summed E-state index contributed by atoms with van der Waals surface area (Å²) in [5.74, 6) is 1.64. The van der Waals surface area contributed by atoms with E-state index in [0.29, 0.717) is 12.6 Å². The van der Waals surface area contributed by atoms with Crippen molar-refractivity contribution in [2.24, 2.45) is 18.0 Å². The summed E-state index contributed by atoms with van der Waals surface area (Å²) in [4.78, 5) is 7.42. The van der Waals surface area contributed by atoms with Crippen LogP contribution in [-0.4, -0.2) is 52.9 Å². The van der Waals surface area contributed by atoms with Crippen molar-refractivity contribution in [3.8, 4) is 0 Å². The normalized spacial score (nSPS) is 16.6. The van der Waals surface area contributed by atoms with Crippen LogP contribution < -0.4 is 10.6 Å². The van der Waals surface area contributed by atoms with E-state index in [0.717, 1.165) is 30.7 Å². The van der Waals surface area contributed by atoms with Crippen molar-refractivity contribution in [1.82, 2.24) is 25.3 Å². The molecule has 0 aromatic carbocycles. The largest absolute Gasteiger partial charge is 0.357 e. The number of hydrogen-bond donors (Lipinski definition) is 2. The van der Waals surface area contributed by atoms with Gasteiger partial charge >= 0.3 is 0 Å². The standard InChI is InChI=1S/C19H36N6.HI/c1-5-16(6-2)18(25-12-8-9-13-25)15-22-19(20-7-3)21-14-17-10-11-23-24(17)4;/h10-11,16,18H,5-9,12-15H2,1-4H3,(H2,20,21,22);1H. The van der Waals surface area contributed by atoms with Gasteiger partial charge in [-0.05, 0) is 44.8 Å². The van der Waals surface area contributed by atoms with Gasteiger partial charge in [0.05, 0.1) is 12.2 Å². The molecule has 0 spiro atoms. The first-order valence-corrected chi connectivity index (χ1v) is 9.92. The molecule has 2 N–H and O–H groups in total. The van der Waals surface area contributed by atoms with E-state index in [2.05, 4.69) is 41.4 Å². The maximum absolute atomic E-state index is 4.74. The summed E-state index contributed by atoms with van der Waals surface area (Å²) in [6.45, 7) is 11.7. The molecule has 2 heterocycles. The van der Waals surface area contributed by atoms with Crippen molar-refractivity contribution in [3.63, 3.8) is 0 Å². The minimum Gasteiger partial charge on any atom is -0.357 e. The molecule has 0 amide bonds. The lowest BCUT2D eigenvalue weighted by Crippen LogP contribution is -2.49. The van der Waals surface area contributed by atoms with Crippen molar-refractivity contribution in [2.75, 3.05) is 26.2 Å². The molecular formula is C19H37IN6. The molecule has 1 aliphatic heterocycles. The highest BCUT2D eigenvalue weighted by molar-refractivity contribution is 14.0. The van der Waals surface area contributed by atoms with Gasteiger partial charge in [0.25, 0.3) is 0 Å². The molecule has 1 aromatic rings. The lowest BCUT2D eigenvalue weighted by Gasteiger charge is -2.34. The molecule has 2 rings (SSSR count). The van der Waals surface area contributed by atoms with E-state index in [1.165, 1.54) is 38.8 Å². The molecule has 26 heavy (non-hydrogen) atoms. The number of likely N-dealkylation sites (tertiary alicyclic amines) is 1. The second kappa shape index (κ2) is 12.5. The first kappa shape index (κ1) is 23.2. The Hall–Kier alpha value is -0.830. The summed E-state index contributed by atoms with van der Waals surface area (Å²) in [5.41, 5.74) is 1.12. The molecule has 1 unspecified atom stereocenters. The van der Waals surface area contributed by atoms with Gasteiger partial charge in [0.15, 0.2) is 5.96 Å². The minimum atomic E-state index is 0. The van der Waals surface area contributed by atoms with Gasteiger partial charge in [-0.2, -0.15) is 5.10 Å². The third-order valence-electron chi connectivity index (χ3n) is 5.35. The van der Waals surface area contributed by atoms with E-state index in [9.17, 15) is 0 Å². The molecule has 1 fully saturated rings. The van der Waals surface area contributed by atoms with Crippen LogP contribution in [0.2, 0.25) is 0 Å². The number of nitrogens with one attached hydrogen (secondary N) is 2. The van der Waals surface area contributed by atoms with E-state index < -0.39 is 0 Å². The lowest BCUT2D eigenvalue weighted by molar-refractivity contribution is 0.166. The fourth-order valence-electron chi connectivity index (χ4n) is 3.76. The topological polar surface area (TPSA) is 57.5 Å². The lowest BCUT2D eigenvalue weighted by atomic mass is 9.93. The van der Waals surface area contributed by atoms with Crippen LogP contribution in [0.25, 0.3) is 0 Å². The number of hydrogen-bond acceptors (Lipinski definition) is 3. The average molecular weight is 476 g/mol. The van der Waals surface area contributed by atoms with Gasteiger partial charge in [0.1, 0.15) is 0 Å². The maximum atomic E-state index is 4.74. The van der Waals surface area contributed by atoms with Crippen LogP contribution in [0, 0.1) is 5.92 Å². The predicted octanol–water partition coefficient (Wildman–Crippen LogP) is 2.99. The average Bonchev–Trinajstić information content (AvgIpc) is 3.28. The zero-order valence-electron chi connectivity index (χ0n) is 16.9. The molecule has 1 saturated heterocycles. The Morgan fingerprint density at radius 2 is 1.88 bits per heavy atom. The minimum absolute atomic E-state index is 0. The molecule has 0 bridgehead atoms. The smallest absolute Gasteiger partial charge is 0.191 e. The second-order valence-electron chi connectivity index (χ2n) is 6.91. The van der Waals surface area contributed by atoms with E-state index >= 15 is 0 Å². The van der Waals surface area contributed by atoms with Gasteiger partial charge in [-0.25, -0.2) is 4.99 Å². The van der Waals surface area contributed by atoms with Gasteiger partial charge < -0.3 is 10.6 Å². The summed E-state index contributed by atoms with van der Waals surface area (Å²) < 4.78 is 1.88. The van der Waals surface area contributed by atoms with Gasteiger partial charge in [-0.15, -0.1) is 24.0 Å². The fraction of sp³-hybridized carbons (Fsp3) is 0.789. The van der Waals surface area contributed by atoms with Crippen molar-refractivity contribution in [2.45, 2.75) is 59.0 Å². The third kappa shape index (κ3) is 6.72. The summed E-state index contributed by atoms with van der Waals surface area (Å²) in [6, 6.07) is 2.61. The van der Waals surface area contributed by atoms with Crippen LogP contribution in [-0.2, 0) is 13.6 Å². The van der Waals surface area contributed by atoms with Crippen LogP contribution in [0.1, 0.15) is 52.1 Å². The highest BCUT2D eigenvalue weighted by Crippen LogP contribution is 2.22. The van der Waals surface area contributed by atoms with Crippen molar-refractivity contribution >= 4 is 29.9 Å². The highest BCUT2D eigenvalue weighted by Gasteiger charge is 2.27. The van der Waals surface area contributed by atoms with Gasteiger partial charge in [-0.1, -0.05) is 26.7 Å². The number of rotatable bonds is 9. The van der Waals surface area contributed by atoms with Crippen LogP contribution in [0.15, 0.2) is 17.3 Å². The zero-order chi connectivity index (χ0) is 18.1. The third-order valence-corrected chi connectivity index (χ3v) is 5.35. The fourth-order valence-corrected chi connectivity index (χ4v) is 3.76. The van der Waals surface area contributed by atoms with Gasteiger partial charge in [0.2, 0.25) is 0 Å². The van der Waals surface area contributed by atoms with Crippen LogP contribution >= 0.6 is 24.0 Å². The Kier molecular flexibility index (Phi) is 11.2. The van der Waals surface area contributed by atoms with E-state index in [4.69, 9.17) is 4.99 Å². The predicted molar refractivity (Wildman–Crippen MR) is 120 cm³/mol. The molecular weight excluding hydrogens is 439 g/mol. The molecule has 150 valence electrons. The van der Waals surface area contributed by atoms with Gasteiger partial charge in [0, 0.05) is 32.4 Å². The number of nitrogens with zero attached hydrogens (tertiary/aromatic N) is 4. The molecule has 1 aliphatic rings.